The van der Waals surface area contributed by atoms with Crippen LogP contribution in [-0.4, -0.2) is 45.2 Å². The van der Waals surface area contributed by atoms with Crippen molar-refractivity contribution in [3.8, 4) is 11.5 Å². The predicted molar refractivity (Wildman–Crippen MR) is 74.5 cm³/mol. The summed E-state index contributed by atoms with van der Waals surface area (Å²) >= 11 is 0. The Labute approximate surface area is 114 Å². The van der Waals surface area contributed by atoms with Gasteiger partial charge in [0.2, 0.25) is 0 Å². The smallest absolute Gasteiger partial charge is 0.262 e. The van der Waals surface area contributed by atoms with Crippen molar-refractivity contribution in [3.63, 3.8) is 0 Å². The number of ether oxygens (including phenoxy) is 2. The first kappa shape index (κ1) is 15.3. The second-order valence-corrected chi connectivity index (χ2v) is 4.50. The van der Waals surface area contributed by atoms with E-state index in [1.165, 1.54) is 4.90 Å². The maximum Gasteiger partial charge on any atom is 0.262 e. The van der Waals surface area contributed by atoms with Crippen LogP contribution in [0.2, 0.25) is 0 Å². The third-order valence-electron chi connectivity index (χ3n) is 2.73. The van der Waals surface area contributed by atoms with Gasteiger partial charge >= 0.3 is 0 Å². The average Bonchev–Trinajstić information content (AvgIpc) is 2.39. The van der Waals surface area contributed by atoms with E-state index in [9.17, 15) is 4.79 Å². The lowest BCUT2D eigenvalue weighted by Gasteiger charge is -2.20. The van der Waals surface area contributed by atoms with Gasteiger partial charge in [-0.05, 0) is 20.0 Å². The number of amides is 1. The highest BCUT2D eigenvalue weighted by Gasteiger charge is 2.18. The molecule has 1 N–H and O–H groups in total. The molecule has 19 heavy (non-hydrogen) atoms. The van der Waals surface area contributed by atoms with Crippen molar-refractivity contribution in [2.45, 2.75) is 19.6 Å². The predicted octanol–water partition coefficient (Wildman–Crippen LogP) is 1.27. The highest BCUT2D eigenvalue weighted by Crippen LogP contribution is 2.26. The molecule has 0 saturated heterocycles. The van der Waals surface area contributed by atoms with Crippen LogP contribution in [0.15, 0.2) is 18.2 Å². The fraction of sp³-hybridized carbons (Fsp3) is 0.500. The van der Waals surface area contributed by atoms with E-state index in [0.29, 0.717) is 18.0 Å². The van der Waals surface area contributed by atoms with Crippen molar-refractivity contribution >= 4 is 5.91 Å². The van der Waals surface area contributed by atoms with Gasteiger partial charge in [-0.1, -0.05) is 6.07 Å². The molecule has 5 heteroatoms. The van der Waals surface area contributed by atoms with Gasteiger partial charge in [0.05, 0.1) is 7.11 Å². The first-order chi connectivity index (χ1) is 8.99. The molecule has 1 atom stereocenters. The first-order valence-electron chi connectivity index (χ1n) is 6.19. The van der Waals surface area contributed by atoms with Gasteiger partial charge in [0.15, 0.2) is 6.10 Å². The number of methoxy groups -OCH3 is 1. The molecule has 1 aromatic rings. The second kappa shape index (κ2) is 6.99. The van der Waals surface area contributed by atoms with Crippen LogP contribution in [0.25, 0.3) is 0 Å². The van der Waals surface area contributed by atoms with Gasteiger partial charge in [-0.15, -0.1) is 0 Å². The van der Waals surface area contributed by atoms with E-state index in [0.717, 1.165) is 5.56 Å². The second-order valence-electron chi connectivity index (χ2n) is 4.50. The molecule has 0 aliphatic rings. The Hall–Kier alpha value is -1.75. The lowest BCUT2D eigenvalue weighted by molar-refractivity contribution is -0.135. The molecule has 0 saturated carbocycles. The van der Waals surface area contributed by atoms with Crippen molar-refractivity contribution < 1.29 is 14.3 Å². The summed E-state index contributed by atoms with van der Waals surface area (Å²) in [4.78, 5) is 13.3. The molecule has 0 aliphatic heterocycles. The van der Waals surface area contributed by atoms with Crippen LogP contribution in [0, 0.1) is 0 Å². The minimum absolute atomic E-state index is 0.0711. The number of carbonyl (C=O) groups excluding carboxylic acids is 1. The van der Waals surface area contributed by atoms with Crippen LogP contribution < -0.4 is 14.8 Å². The monoisotopic (exact) mass is 266 g/mol. The quantitative estimate of drug-likeness (QED) is 0.842. The van der Waals surface area contributed by atoms with Crippen molar-refractivity contribution in [1.29, 1.82) is 0 Å². The van der Waals surface area contributed by atoms with E-state index < -0.39 is 6.10 Å². The van der Waals surface area contributed by atoms with Crippen molar-refractivity contribution in [2.24, 2.45) is 0 Å². The molecular formula is C14H22N2O3. The minimum atomic E-state index is -0.530. The fourth-order valence-electron chi connectivity index (χ4n) is 1.71. The molecule has 0 aromatic heterocycles. The normalized spacial score (nSPS) is 11.8. The van der Waals surface area contributed by atoms with E-state index in [1.54, 1.807) is 34.2 Å². The topological polar surface area (TPSA) is 50.8 Å². The summed E-state index contributed by atoms with van der Waals surface area (Å²) in [5, 5.41) is 3.07. The third kappa shape index (κ3) is 4.13. The maximum atomic E-state index is 11.8. The zero-order chi connectivity index (χ0) is 14.4. The molecule has 5 nitrogen and oxygen atoms in total. The van der Waals surface area contributed by atoms with Gasteiger partial charge in [0, 0.05) is 32.3 Å². The van der Waals surface area contributed by atoms with Crippen molar-refractivity contribution in [3.05, 3.63) is 23.8 Å². The molecule has 106 valence electrons. The first-order valence-corrected chi connectivity index (χ1v) is 6.19. The number of hydrogen-bond acceptors (Lipinski definition) is 4. The Morgan fingerprint density at radius 3 is 2.63 bits per heavy atom. The molecule has 0 aliphatic carbocycles. The highest BCUT2D eigenvalue weighted by molar-refractivity contribution is 5.80. The van der Waals surface area contributed by atoms with Crippen molar-refractivity contribution in [2.75, 3.05) is 28.3 Å². The standard InChI is InChI=1S/C14H22N2O3/c1-10(14(17)16(3)4)19-13-8-12(18-5)7-6-11(13)9-15-2/h6-8,10,15H,9H2,1-5H3. The third-order valence-corrected chi connectivity index (χ3v) is 2.73. The van der Waals surface area contributed by atoms with Gasteiger partial charge in [0.1, 0.15) is 11.5 Å². The number of hydrogen-bond donors (Lipinski definition) is 1. The molecular weight excluding hydrogens is 244 g/mol. The maximum absolute atomic E-state index is 11.8. The largest absolute Gasteiger partial charge is 0.497 e. The van der Waals surface area contributed by atoms with E-state index in [1.807, 2.05) is 19.2 Å². The summed E-state index contributed by atoms with van der Waals surface area (Å²) in [5.41, 5.74) is 0.988. The number of benzene rings is 1. The fourth-order valence-corrected chi connectivity index (χ4v) is 1.71. The van der Waals surface area contributed by atoms with E-state index >= 15 is 0 Å². The summed E-state index contributed by atoms with van der Waals surface area (Å²) in [5.74, 6) is 1.30. The summed E-state index contributed by atoms with van der Waals surface area (Å²) in [6.07, 6.45) is -0.530. The van der Waals surface area contributed by atoms with Crippen LogP contribution in [0.3, 0.4) is 0 Å². The van der Waals surface area contributed by atoms with Gasteiger partial charge < -0.3 is 19.7 Å². The zero-order valence-electron chi connectivity index (χ0n) is 12.2. The van der Waals surface area contributed by atoms with Crippen LogP contribution >= 0.6 is 0 Å². The van der Waals surface area contributed by atoms with Crippen LogP contribution in [0.5, 0.6) is 11.5 Å². The van der Waals surface area contributed by atoms with E-state index in [4.69, 9.17) is 9.47 Å². The lowest BCUT2D eigenvalue weighted by Crippen LogP contribution is -2.35. The van der Waals surface area contributed by atoms with Crippen LogP contribution in [0.1, 0.15) is 12.5 Å². The summed E-state index contributed by atoms with van der Waals surface area (Å²) in [7, 11) is 6.89. The Bertz CT molecular complexity index is 433. The molecule has 1 rings (SSSR count). The van der Waals surface area contributed by atoms with Crippen LogP contribution in [0.4, 0.5) is 0 Å². The molecule has 1 amide bonds. The molecule has 1 unspecified atom stereocenters. The SMILES string of the molecule is CNCc1ccc(OC)cc1OC(C)C(=O)N(C)C. The summed E-state index contributed by atoms with van der Waals surface area (Å²) in [6.45, 7) is 2.41. The number of likely N-dealkylation sites (N-methyl/N-ethyl adjacent to an activating group) is 1. The molecule has 0 heterocycles. The summed E-state index contributed by atoms with van der Waals surface area (Å²) in [6, 6.07) is 5.60. The highest BCUT2D eigenvalue weighted by atomic mass is 16.5. The number of rotatable bonds is 6. The van der Waals surface area contributed by atoms with Gasteiger partial charge in [-0.2, -0.15) is 0 Å². The van der Waals surface area contributed by atoms with E-state index in [-0.39, 0.29) is 5.91 Å². The molecule has 0 bridgehead atoms. The number of carbonyl (C=O) groups is 1. The molecule has 1 aromatic carbocycles. The van der Waals surface area contributed by atoms with Gasteiger partial charge in [0.25, 0.3) is 5.91 Å². The van der Waals surface area contributed by atoms with Gasteiger partial charge in [-0.3, -0.25) is 4.79 Å². The average molecular weight is 266 g/mol. The number of nitrogens with zero attached hydrogens (tertiary/aromatic N) is 1. The lowest BCUT2D eigenvalue weighted by atomic mass is 10.2. The van der Waals surface area contributed by atoms with Crippen LogP contribution in [-0.2, 0) is 11.3 Å². The summed E-state index contributed by atoms with van der Waals surface area (Å²) < 4.78 is 10.9. The van der Waals surface area contributed by atoms with Crippen molar-refractivity contribution in [1.82, 2.24) is 10.2 Å². The molecule has 0 fully saturated rings. The Balaban J connectivity index is 2.93. The van der Waals surface area contributed by atoms with Gasteiger partial charge in [-0.25, -0.2) is 0 Å². The Morgan fingerprint density at radius 2 is 2.11 bits per heavy atom. The number of nitrogens with one attached hydrogen (secondary N) is 1. The van der Waals surface area contributed by atoms with E-state index in [2.05, 4.69) is 5.32 Å². The molecule has 0 radical (unpaired) electrons. The Morgan fingerprint density at radius 1 is 1.42 bits per heavy atom. The zero-order valence-corrected chi connectivity index (χ0v) is 12.2. The molecule has 0 spiro atoms. The Kier molecular flexibility index (Phi) is 5.63. The minimum Gasteiger partial charge on any atom is -0.497 e.